The van der Waals surface area contributed by atoms with Crippen molar-refractivity contribution in [1.82, 2.24) is 0 Å². The number of hydrogen-bond acceptors (Lipinski definition) is 3. The normalized spacial score (nSPS) is 11.3. The lowest BCUT2D eigenvalue weighted by atomic mass is 10.1. The predicted octanol–water partition coefficient (Wildman–Crippen LogP) is 1.54. The number of sulfonamides is 1. The largest absolute Gasteiger partial charge is 0.481 e. The van der Waals surface area contributed by atoms with Crippen LogP contribution in [0.25, 0.3) is 0 Å². The van der Waals surface area contributed by atoms with E-state index in [1.54, 1.807) is 13.0 Å². The summed E-state index contributed by atoms with van der Waals surface area (Å²) in [5, 5.41) is 8.68. The smallest absolute Gasteiger partial charge is 0.305 e. The van der Waals surface area contributed by atoms with Gasteiger partial charge in [0.2, 0.25) is 10.0 Å². The Morgan fingerprint density at radius 1 is 1.33 bits per heavy atom. The number of aryl methyl sites for hydroxylation is 2. The standard InChI is InChI=1S/C12H17NO4S/c1-9-4-5-10(2)11(8-9)13(18(3,16)17)7-6-12(14)15/h4-5,8H,6-7H2,1-3H3,(H,14,15). The molecule has 0 aliphatic carbocycles. The van der Waals surface area contributed by atoms with Crippen molar-refractivity contribution in [2.24, 2.45) is 0 Å². The van der Waals surface area contributed by atoms with Gasteiger partial charge >= 0.3 is 5.97 Å². The lowest BCUT2D eigenvalue weighted by molar-refractivity contribution is -0.136. The summed E-state index contributed by atoms with van der Waals surface area (Å²) in [6.45, 7) is 3.60. The maximum Gasteiger partial charge on any atom is 0.305 e. The first kappa shape index (κ1) is 14.5. The maximum atomic E-state index is 11.7. The monoisotopic (exact) mass is 271 g/mol. The quantitative estimate of drug-likeness (QED) is 0.881. The number of carboxylic acid groups (broad SMARTS) is 1. The molecule has 0 heterocycles. The third kappa shape index (κ3) is 3.73. The molecule has 18 heavy (non-hydrogen) atoms. The minimum absolute atomic E-state index is 0.0571. The number of nitrogens with zero attached hydrogens (tertiary/aromatic N) is 1. The highest BCUT2D eigenvalue weighted by Gasteiger charge is 2.20. The van der Waals surface area contributed by atoms with Gasteiger partial charge in [0.15, 0.2) is 0 Å². The van der Waals surface area contributed by atoms with Crippen LogP contribution in [0.2, 0.25) is 0 Å². The first-order valence-electron chi connectivity index (χ1n) is 5.48. The van der Waals surface area contributed by atoms with E-state index in [1.165, 1.54) is 0 Å². The Morgan fingerprint density at radius 3 is 2.44 bits per heavy atom. The van der Waals surface area contributed by atoms with Crippen LogP contribution in [0.15, 0.2) is 18.2 Å². The van der Waals surface area contributed by atoms with Crippen molar-refractivity contribution >= 4 is 21.7 Å². The van der Waals surface area contributed by atoms with E-state index in [4.69, 9.17) is 5.11 Å². The lowest BCUT2D eigenvalue weighted by Crippen LogP contribution is -2.32. The molecule has 6 heteroatoms. The molecule has 1 aromatic rings. The molecule has 0 saturated carbocycles. The molecule has 0 fully saturated rings. The van der Waals surface area contributed by atoms with E-state index in [2.05, 4.69) is 0 Å². The van der Waals surface area contributed by atoms with Crippen LogP contribution in [0.4, 0.5) is 5.69 Å². The topological polar surface area (TPSA) is 74.7 Å². The molecule has 0 aromatic heterocycles. The van der Waals surface area contributed by atoms with Gasteiger partial charge < -0.3 is 5.11 Å². The molecule has 5 nitrogen and oxygen atoms in total. The van der Waals surface area contributed by atoms with Gasteiger partial charge in [-0.1, -0.05) is 12.1 Å². The van der Waals surface area contributed by atoms with Crippen LogP contribution in [0.5, 0.6) is 0 Å². The van der Waals surface area contributed by atoms with Crippen molar-refractivity contribution in [3.05, 3.63) is 29.3 Å². The fourth-order valence-electron chi connectivity index (χ4n) is 1.65. The second kappa shape index (κ2) is 5.39. The second-order valence-electron chi connectivity index (χ2n) is 4.27. The molecule has 0 saturated heterocycles. The number of rotatable bonds is 5. The Bertz CT molecular complexity index is 551. The summed E-state index contributed by atoms with van der Waals surface area (Å²) < 4.78 is 24.6. The molecule has 0 bridgehead atoms. The molecule has 0 atom stereocenters. The molecule has 1 aromatic carbocycles. The Morgan fingerprint density at radius 2 is 1.94 bits per heavy atom. The zero-order valence-corrected chi connectivity index (χ0v) is 11.5. The zero-order chi connectivity index (χ0) is 13.9. The fraction of sp³-hybridized carbons (Fsp3) is 0.417. The number of hydrogen-bond donors (Lipinski definition) is 1. The third-order valence-electron chi connectivity index (χ3n) is 2.56. The molecular weight excluding hydrogens is 254 g/mol. The number of carbonyl (C=O) groups is 1. The van der Waals surface area contributed by atoms with Crippen LogP contribution in [0.3, 0.4) is 0 Å². The van der Waals surface area contributed by atoms with Crippen molar-refractivity contribution in [1.29, 1.82) is 0 Å². The molecule has 0 radical (unpaired) electrons. The number of carboxylic acids is 1. The van der Waals surface area contributed by atoms with Crippen molar-refractivity contribution in [2.75, 3.05) is 17.1 Å². The van der Waals surface area contributed by atoms with Crippen molar-refractivity contribution in [3.63, 3.8) is 0 Å². The van der Waals surface area contributed by atoms with E-state index in [0.29, 0.717) is 5.69 Å². The molecule has 1 rings (SSSR count). The van der Waals surface area contributed by atoms with Gasteiger partial charge in [-0.2, -0.15) is 0 Å². The van der Waals surface area contributed by atoms with E-state index in [-0.39, 0.29) is 13.0 Å². The number of aliphatic carboxylic acids is 1. The summed E-state index contributed by atoms with van der Waals surface area (Å²) in [6.07, 6.45) is 0.858. The lowest BCUT2D eigenvalue weighted by Gasteiger charge is -2.23. The van der Waals surface area contributed by atoms with Gasteiger partial charge in [0, 0.05) is 6.54 Å². The van der Waals surface area contributed by atoms with E-state index in [9.17, 15) is 13.2 Å². The molecule has 100 valence electrons. The minimum atomic E-state index is -3.48. The van der Waals surface area contributed by atoms with Crippen LogP contribution >= 0.6 is 0 Å². The van der Waals surface area contributed by atoms with E-state index >= 15 is 0 Å². The highest BCUT2D eigenvalue weighted by molar-refractivity contribution is 7.92. The van der Waals surface area contributed by atoms with Crippen LogP contribution in [-0.4, -0.2) is 32.3 Å². The molecule has 0 aliphatic rings. The average Bonchev–Trinajstić information content (AvgIpc) is 2.21. The minimum Gasteiger partial charge on any atom is -0.481 e. The third-order valence-corrected chi connectivity index (χ3v) is 3.74. The first-order valence-corrected chi connectivity index (χ1v) is 7.33. The molecular formula is C12H17NO4S. The highest BCUT2D eigenvalue weighted by Crippen LogP contribution is 2.24. The molecule has 0 spiro atoms. The molecule has 1 N–H and O–H groups in total. The van der Waals surface area contributed by atoms with Gasteiger partial charge in [0.25, 0.3) is 0 Å². The van der Waals surface area contributed by atoms with Crippen molar-refractivity contribution in [2.45, 2.75) is 20.3 Å². The van der Waals surface area contributed by atoms with E-state index < -0.39 is 16.0 Å². The number of anilines is 1. The second-order valence-corrected chi connectivity index (χ2v) is 6.18. The Balaban J connectivity index is 3.18. The van der Waals surface area contributed by atoms with Crippen LogP contribution < -0.4 is 4.31 Å². The molecule has 0 aliphatic heterocycles. The van der Waals surface area contributed by atoms with Gasteiger partial charge in [-0.25, -0.2) is 8.42 Å². The Labute approximate surface area is 107 Å². The van der Waals surface area contributed by atoms with Crippen LogP contribution in [-0.2, 0) is 14.8 Å². The predicted molar refractivity (Wildman–Crippen MR) is 70.4 cm³/mol. The van der Waals surface area contributed by atoms with Crippen molar-refractivity contribution in [3.8, 4) is 0 Å². The molecule has 0 amide bonds. The SMILES string of the molecule is Cc1ccc(C)c(N(CCC(=O)O)S(C)(=O)=O)c1. The number of benzene rings is 1. The van der Waals surface area contributed by atoms with Gasteiger partial charge in [0.05, 0.1) is 18.4 Å². The van der Waals surface area contributed by atoms with E-state index in [0.717, 1.165) is 21.7 Å². The van der Waals surface area contributed by atoms with Gasteiger partial charge in [-0.05, 0) is 31.0 Å². The Kier molecular flexibility index (Phi) is 4.34. The van der Waals surface area contributed by atoms with E-state index in [1.807, 2.05) is 19.1 Å². The summed E-state index contributed by atoms with van der Waals surface area (Å²) in [4.78, 5) is 10.6. The molecule has 0 unspecified atom stereocenters. The van der Waals surface area contributed by atoms with Gasteiger partial charge in [-0.15, -0.1) is 0 Å². The first-order chi connectivity index (χ1) is 8.21. The van der Waals surface area contributed by atoms with Gasteiger partial charge in [0.1, 0.15) is 0 Å². The Hall–Kier alpha value is -1.56. The highest BCUT2D eigenvalue weighted by atomic mass is 32.2. The maximum absolute atomic E-state index is 11.7. The fourth-order valence-corrected chi connectivity index (χ4v) is 2.63. The van der Waals surface area contributed by atoms with Crippen molar-refractivity contribution < 1.29 is 18.3 Å². The summed E-state index contributed by atoms with van der Waals surface area (Å²) >= 11 is 0. The zero-order valence-electron chi connectivity index (χ0n) is 10.7. The summed E-state index contributed by atoms with van der Waals surface area (Å²) in [5.41, 5.74) is 2.27. The summed E-state index contributed by atoms with van der Waals surface area (Å²) in [5.74, 6) is -1.02. The average molecular weight is 271 g/mol. The van der Waals surface area contributed by atoms with Gasteiger partial charge in [-0.3, -0.25) is 9.10 Å². The summed E-state index contributed by atoms with van der Waals surface area (Å²) in [7, 11) is -3.48. The van der Waals surface area contributed by atoms with Crippen LogP contribution in [0, 0.1) is 13.8 Å². The van der Waals surface area contributed by atoms with Crippen LogP contribution in [0.1, 0.15) is 17.5 Å². The summed E-state index contributed by atoms with van der Waals surface area (Å²) in [6, 6.07) is 5.46.